The van der Waals surface area contributed by atoms with Crippen LogP contribution >= 0.6 is 0 Å². The van der Waals surface area contributed by atoms with Crippen molar-refractivity contribution < 1.29 is 9.90 Å². The summed E-state index contributed by atoms with van der Waals surface area (Å²) in [5.74, 6) is -0.0296. The summed E-state index contributed by atoms with van der Waals surface area (Å²) in [7, 11) is 0. The third kappa shape index (κ3) is 3.12. The molecular weight excluding hydrogens is 268 g/mol. The van der Waals surface area contributed by atoms with Crippen LogP contribution in [0.3, 0.4) is 0 Å². The van der Waals surface area contributed by atoms with Crippen LogP contribution in [0.25, 0.3) is 0 Å². The lowest BCUT2D eigenvalue weighted by molar-refractivity contribution is -0.123. The number of hydrogen-bond acceptors (Lipinski definition) is 4. The fourth-order valence-electron chi connectivity index (χ4n) is 2.50. The molecule has 2 aromatic rings. The van der Waals surface area contributed by atoms with Crippen molar-refractivity contribution in [1.82, 2.24) is 20.6 Å². The topological polar surface area (TPSA) is 90.0 Å². The van der Waals surface area contributed by atoms with E-state index in [1.165, 1.54) is 0 Å². The molecular formula is C15H18N4O2. The second-order valence-electron chi connectivity index (χ2n) is 5.16. The molecule has 0 saturated heterocycles. The Balaban J connectivity index is 1.57. The van der Waals surface area contributed by atoms with Crippen molar-refractivity contribution in [3.8, 4) is 0 Å². The van der Waals surface area contributed by atoms with Crippen molar-refractivity contribution in [3.63, 3.8) is 0 Å². The minimum Gasteiger partial charge on any atom is -0.392 e. The Bertz CT molecular complexity index is 638. The highest BCUT2D eigenvalue weighted by Crippen LogP contribution is 2.12. The molecule has 0 saturated carbocycles. The van der Waals surface area contributed by atoms with Gasteiger partial charge in [-0.2, -0.15) is 0 Å². The largest absolute Gasteiger partial charge is 0.392 e. The lowest BCUT2D eigenvalue weighted by atomic mass is 10.0. The van der Waals surface area contributed by atoms with Gasteiger partial charge in [0.25, 0.3) is 0 Å². The molecule has 1 atom stereocenters. The van der Waals surface area contributed by atoms with Crippen LogP contribution in [0.5, 0.6) is 0 Å². The Hall–Kier alpha value is -2.18. The molecule has 0 spiro atoms. The van der Waals surface area contributed by atoms with Gasteiger partial charge >= 0.3 is 0 Å². The molecule has 2 heterocycles. The highest BCUT2D eigenvalue weighted by molar-refractivity contribution is 5.82. The van der Waals surface area contributed by atoms with Crippen molar-refractivity contribution in [2.45, 2.75) is 32.2 Å². The first-order valence-electron chi connectivity index (χ1n) is 6.97. The Kier molecular flexibility index (Phi) is 3.98. The molecule has 0 radical (unpaired) electrons. The first-order chi connectivity index (χ1) is 10.3. The molecule has 21 heavy (non-hydrogen) atoms. The summed E-state index contributed by atoms with van der Waals surface area (Å²) in [6.07, 6.45) is 2.26. The maximum absolute atomic E-state index is 12.2. The molecule has 0 bridgehead atoms. The lowest BCUT2D eigenvalue weighted by Gasteiger charge is -2.22. The van der Waals surface area contributed by atoms with E-state index in [0.717, 1.165) is 22.5 Å². The molecule has 0 fully saturated rings. The van der Waals surface area contributed by atoms with Crippen molar-refractivity contribution in [1.29, 1.82) is 0 Å². The number of fused-ring (bicyclic) bond motifs is 1. The molecule has 1 aliphatic rings. The number of carbonyl (C=O) groups is 1. The van der Waals surface area contributed by atoms with Crippen LogP contribution in [0.15, 0.2) is 30.6 Å². The van der Waals surface area contributed by atoms with Crippen LogP contribution in [-0.2, 0) is 30.9 Å². The minimum absolute atomic E-state index is 0.00784. The van der Waals surface area contributed by atoms with E-state index >= 15 is 0 Å². The highest BCUT2D eigenvalue weighted by Gasteiger charge is 2.25. The molecule has 6 nitrogen and oxygen atoms in total. The number of nitrogens with one attached hydrogen (secondary N) is 3. The molecule has 0 aliphatic carbocycles. The van der Waals surface area contributed by atoms with Gasteiger partial charge in [-0.1, -0.05) is 24.3 Å². The third-order valence-corrected chi connectivity index (χ3v) is 3.69. The van der Waals surface area contributed by atoms with Crippen LogP contribution in [0.1, 0.15) is 22.5 Å². The van der Waals surface area contributed by atoms with Crippen LogP contribution in [0, 0.1) is 0 Å². The molecule has 1 aromatic carbocycles. The zero-order chi connectivity index (χ0) is 14.7. The fourth-order valence-corrected chi connectivity index (χ4v) is 2.50. The molecule has 6 heteroatoms. The van der Waals surface area contributed by atoms with Crippen molar-refractivity contribution in [2.24, 2.45) is 0 Å². The van der Waals surface area contributed by atoms with E-state index in [1.807, 2.05) is 24.3 Å². The van der Waals surface area contributed by atoms with Gasteiger partial charge in [0.1, 0.15) is 0 Å². The van der Waals surface area contributed by atoms with Crippen molar-refractivity contribution in [2.75, 3.05) is 0 Å². The maximum Gasteiger partial charge on any atom is 0.237 e. The second kappa shape index (κ2) is 6.07. The molecule has 1 unspecified atom stereocenters. The fraction of sp³-hybridized carbons (Fsp3) is 0.333. The van der Waals surface area contributed by atoms with E-state index in [1.54, 1.807) is 6.33 Å². The predicted molar refractivity (Wildman–Crippen MR) is 77.1 cm³/mol. The summed E-state index contributed by atoms with van der Waals surface area (Å²) in [5, 5.41) is 15.2. The number of aromatic nitrogens is 2. The van der Waals surface area contributed by atoms with Gasteiger partial charge in [-0.25, -0.2) is 4.98 Å². The lowest BCUT2D eigenvalue weighted by Crippen LogP contribution is -2.47. The number of benzene rings is 1. The Morgan fingerprint density at radius 2 is 2.29 bits per heavy atom. The number of aliphatic hydroxyl groups is 1. The monoisotopic (exact) mass is 286 g/mol. The van der Waals surface area contributed by atoms with Gasteiger partial charge in [0.15, 0.2) is 0 Å². The number of rotatable bonds is 4. The maximum atomic E-state index is 12.2. The van der Waals surface area contributed by atoms with E-state index in [2.05, 4.69) is 20.6 Å². The first-order valence-corrected chi connectivity index (χ1v) is 6.97. The van der Waals surface area contributed by atoms with Gasteiger partial charge in [0, 0.05) is 19.5 Å². The summed E-state index contributed by atoms with van der Waals surface area (Å²) in [6, 6.07) is 7.30. The van der Waals surface area contributed by atoms with E-state index in [0.29, 0.717) is 19.5 Å². The molecule has 4 N–H and O–H groups in total. The van der Waals surface area contributed by atoms with E-state index in [9.17, 15) is 4.79 Å². The number of H-pyrrole nitrogens is 1. The summed E-state index contributed by atoms with van der Waals surface area (Å²) < 4.78 is 0. The Morgan fingerprint density at radius 3 is 3.14 bits per heavy atom. The normalized spacial score (nSPS) is 17.3. The zero-order valence-electron chi connectivity index (χ0n) is 11.6. The summed E-state index contributed by atoms with van der Waals surface area (Å²) in [4.78, 5) is 19.5. The number of carbonyl (C=O) groups excluding carboxylic acids is 1. The Labute approximate surface area is 122 Å². The predicted octanol–water partition coefficient (Wildman–Crippen LogP) is 0.233. The van der Waals surface area contributed by atoms with Crippen molar-refractivity contribution in [3.05, 3.63) is 53.1 Å². The summed E-state index contributed by atoms with van der Waals surface area (Å²) in [6.45, 7) is 1.10. The van der Waals surface area contributed by atoms with E-state index < -0.39 is 0 Å². The summed E-state index contributed by atoms with van der Waals surface area (Å²) >= 11 is 0. The van der Waals surface area contributed by atoms with Crippen LogP contribution in [0.4, 0.5) is 0 Å². The molecule has 1 aliphatic heterocycles. The van der Waals surface area contributed by atoms with Gasteiger partial charge in [0.05, 0.1) is 30.4 Å². The van der Waals surface area contributed by atoms with Crippen LogP contribution < -0.4 is 10.6 Å². The van der Waals surface area contributed by atoms with Gasteiger partial charge in [0.2, 0.25) is 5.91 Å². The third-order valence-electron chi connectivity index (χ3n) is 3.69. The van der Waals surface area contributed by atoms with E-state index in [-0.39, 0.29) is 18.6 Å². The number of imidazole rings is 1. The number of nitrogens with zero attached hydrogens (tertiary/aromatic N) is 1. The number of aliphatic hydroxyl groups excluding tert-OH is 1. The zero-order valence-corrected chi connectivity index (χ0v) is 11.6. The van der Waals surface area contributed by atoms with Crippen LogP contribution in [0.2, 0.25) is 0 Å². The SMILES string of the molecule is O=C(NCc1cccc(CO)c1)C1Cc2nc[nH]c2CN1. The average molecular weight is 286 g/mol. The van der Waals surface area contributed by atoms with Crippen LogP contribution in [-0.4, -0.2) is 27.0 Å². The first kappa shape index (κ1) is 13.8. The standard InChI is InChI=1S/C15H18N4O2/c20-8-11-3-1-2-10(4-11)6-17-15(21)13-5-12-14(7-16-13)19-9-18-12/h1-4,9,13,16,20H,5-8H2,(H,17,21)(H,18,19). The quantitative estimate of drug-likeness (QED) is 0.648. The van der Waals surface area contributed by atoms with Crippen molar-refractivity contribution >= 4 is 5.91 Å². The van der Waals surface area contributed by atoms with Gasteiger partial charge in [-0.05, 0) is 11.1 Å². The molecule has 3 rings (SSSR count). The average Bonchev–Trinajstić information content (AvgIpc) is 3.00. The minimum atomic E-state index is -0.248. The smallest absolute Gasteiger partial charge is 0.237 e. The second-order valence-corrected chi connectivity index (χ2v) is 5.16. The van der Waals surface area contributed by atoms with Gasteiger partial charge in [-0.3, -0.25) is 10.1 Å². The van der Waals surface area contributed by atoms with Gasteiger partial charge < -0.3 is 15.4 Å². The number of aromatic amines is 1. The molecule has 110 valence electrons. The number of amides is 1. The van der Waals surface area contributed by atoms with Gasteiger partial charge in [-0.15, -0.1) is 0 Å². The van der Waals surface area contributed by atoms with E-state index in [4.69, 9.17) is 5.11 Å². The summed E-state index contributed by atoms with van der Waals surface area (Å²) in [5.41, 5.74) is 3.83. The molecule has 1 amide bonds. The highest BCUT2D eigenvalue weighted by atomic mass is 16.3. The Morgan fingerprint density at radius 1 is 1.43 bits per heavy atom. The molecule has 1 aromatic heterocycles. The number of hydrogen-bond donors (Lipinski definition) is 4.